The van der Waals surface area contributed by atoms with Gasteiger partial charge in [-0.25, -0.2) is 0 Å². The summed E-state index contributed by atoms with van der Waals surface area (Å²) < 4.78 is 22.7. The molecule has 0 amide bonds. The van der Waals surface area contributed by atoms with Crippen LogP contribution in [0.25, 0.3) is 190 Å². The molecule has 0 spiro atoms. The van der Waals surface area contributed by atoms with Gasteiger partial charge in [0.1, 0.15) is 0 Å². The summed E-state index contributed by atoms with van der Waals surface area (Å²) in [6.45, 7) is 2.11. The first-order valence-corrected chi connectivity index (χ1v) is 46.9. The summed E-state index contributed by atoms with van der Waals surface area (Å²) in [4.78, 5) is 26.8. The monoisotopic (exact) mass is 2190 g/mol. The van der Waals surface area contributed by atoms with Crippen LogP contribution < -0.4 is 0 Å². The summed E-state index contributed by atoms with van der Waals surface area (Å²) >= 11 is 0. The van der Waals surface area contributed by atoms with Crippen molar-refractivity contribution in [2.24, 2.45) is 0 Å². The second-order valence-electron chi connectivity index (χ2n) is 33.5. The van der Waals surface area contributed by atoms with E-state index in [-0.39, 0.29) is 40.2 Å². The molecule has 0 atom stereocenters. The summed E-state index contributed by atoms with van der Waals surface area (Å²) in [6.07, 6.45) is 11.0. The fourth-order valence-corrected chi connectivity index (χ4v) is 16.2. The molecule has 6 heterocycles. The quantitative estimate of drug-likeness (QED) is 0.0846. The molecule has 0 saturated heterocycles. The molecule has 17 aromatic carbocycles. The summed E-state index contributed by atoms with van der Waals surface area (Å²) in [5, 5.41) is 0. The largest absolute Gasteiger partial charge is 3.00 e. The van der Waals surface area contributed by atoms with Crippen LogP contribution in [0.5, 0.6) is 0 Å². The molecule has 6 aromatic heterocycles. The summed E-state index contributed by atoms with van der Waals surface area (Å²) in [5.41, 5.74) is 40.2. The molecule has 0 radical (unpaired) electrons. The molecule has 6 nitrogen and oxygen atoms in total. The van der Waals surface area contributed by atoms with Crippen molar-refractivity contribution in [3.05, 3.63) is 594 Å². The maximum atomic E-state index is 7.56. The van der Waals surface area contributed by atoms with E-state index in [1.165, 1.54) is 106 Å². The standard InChI is InChI=1S/2C30H22N.C23H16N.C18H14N.2C17H12N.2Ir/c1-22-10-12-25(13-11-22)27-8-5-9-29(20-27)30-21-28(18-19-31-30)26-16-14-24(15-17-26)23-6-3-2-4-7-23;1-22-10-12-24(13-11-22)25-14-16-26(17-15-25)28-18-19-31-30(21-28)29-9-5-8-27(20-29)23-6-3-2-4-7-23;1-2-7-18(8-3-1)19-12-14-20(15-13-19)21-9-6-10-22(17-21)23-11-4-5-16-24-23;1-14-7-9-15(10-8-14)17-11-12-19-18(13-17)16-5-3-2-4-6-16;1-3-7-14(8-4-1)16-11-12-18-17(13-16)15-9-5-2-6-10-15;1-2-7-14(8-3-1)15-9-6-10-16(13-15)17-11-4-5-12-18-17;;/h2*2-8,10-21H,1H3;1-9,11-17H;2-5,7-13H,1H3;2*1-9,11-13H;;/q6*-1;2*+3/i1D3;;;;;;;. The van der Waals surface area contributed by atoms with Crippen LogP contribution in [0.4, 0.5) is 0 Å². The predicted molar refractivity (Wildman–Crippen MR) is 585 cm³/mol. The van der Waals surface area contributed by atoms with Crippen molar-refractivity contribution in [3.8, 4) is 190 Å². The van der Waals surface area contributed by atoms with Gasteiger partial charge in [0.2, 0.25) is 0 Å². The Morgan fingerprint density at radius 2 is 0.343 bits per heavy atom. The molecule has 0 fully saturated rings. The van der Waals surface area contributed by atoms with E-state index >= 15 is 0 Å². The molecule has 143 heavy (non-hydrogen) atoms. The average molecular weight is 2190 g/mol. The van der Waals surface area contributed by atoms with Crippen LogP contribution in [0.1, 0.15) is 20.8 Å². The molecule has 0 N–H and O–H groups in total. The minimum atomic E-state index is -2.10. The second-order valence-corrected chi connectivity index (χ2v) is 33.5. The Bertz CT molecular complexity index is 7780. The van der Waals surface area contributed by atoms with Crippen LogP contribution in [-0.4, -0.2) is 29.9 Å². The number of rotatable bonds is 17. The molecule has 23 aromatic rings. The van der Waals surface area contributed by atoms with Crippen molar-refractivity contribution in [1.29, 1.82) is 0 Å². The van der Waals surface area contributed by atoms with Gasteiger partial charge in [-0.15, -0.1) is 213 Å². The minimum absolute atomic E-state index is 0. The van der Waals surface area contributed by atoms with Gasteiger partial charge in [-0.1, -0.05) is 362 Å². The van der Waals surface area contributed by atoms with Crippen LogP contribution in [-0.2, 0) is 40.2 Å². The SMILES string of the molecule is Cc1ccc(-c2ccc(-c3ccnc(-c4[c-]ccc(-c5ccccc5)c4)c3)cc2)cc1.Cc1ccc(-c2ccnc(-c3[c-]cccc3)c2)cc1.[2H]C([2H])([2H])c1ccc(-c2cc[c-]c(-c3cc(-c4ccc(-c5ccccc5)cc4)ccn3)c2)cc1.[Ir+3].[Ir+3].[c-]1ccc(-c2ccc(-c3ccccc3)cc2)cc1-c1ccccn1.[c-]1ccc(-c2ccccc2)cc1-c1ccccn1.[c-]1ccccc1-c1cc(-c2ccccc2)ccn1. The number of hydrogen-bond acceptors (Lipinski definition) is 6. The van der Waals surface area contributed by atoms with Crippen molar-refractivity contribution in [3.63, 3.8) is 0 Å². The Morgan fingerprint density at radius 1 is 0.147 bits per heavy atom. The normalized spacial score (nSPS) is 10.8. The Morgan fingerprint density at radius 3 is 0.587 bits per heavy atom. The zero-order valence-electron chi connectivity index (χ0n) is 81.7. The molecular weight excluding hydrogens is 2090 g/mol. The van der Waals surface area contributed by atoms with E-state index in [1.807, 2.05) is 249 Å². The van der Waals surface area contributed by atoms with Crippen LogP contribution in [0, 0.1) is 57.1 Å². The second kappa shape index (κ2) is 50.5. The summed E-state index contributed by atoms with van der Waals surface area (Å²) in [5.74, 6) is 0. The van der Waals surface area contributed by atoms with Crippen molar-refractivity contribution >= 4 is 0 Å². The first-order chi connectivity index (χ1) is 70.8. The molecule has 23 rings (SSSR count). The number of benzene rings is 17. The van der Waals surface area contributed by atoms with Gasteiger partial charge in [-0.2, -0.15) is 0 Å². The van der Waals surface area contributed by atoms with E-state index in [0.717, 1.165) is 95.4 Å². The van der Waals surface area contributed by atoms with Crippen LogP contribution in [0.2, 0.25) is 0 Å². The molecule has 8 heteroatoms. The van der Waals surface area contributed by atoms with Crippen LogP contribution in [0.15, 0.2) is 541 Å². The van der Waals surface area contributed by atoms with E-state index in [9.17, 15) is 0 Å². The van der Waals surface area contributed by atoms with Crippen molar-refractivity contribution in [2.75, 3.05) is 0 Å². The zero-order chi connectivity index (χ0) is 98.3. The van der Waals surface area contributed by atoms with Gasteiger partial charge in [-0.05, 0) is 191 Å². The average Bonchev–Trinajstić information content (AvgIpc) is 0.812. The van der Waals surface area contributed by atoms with Crippen LogP contribution in [0.3, 0.4) is 0 Å². The predicted octanol–water partition coefficient (Wildman–Crippen LogP) is 34.6. The number of aromatic nitrogens is 6. The smallest absolute Gasteiger partial charge is 0.305 e. The first kappa shape index (κ1) is 94.9. The van der Waals surface area contributed by atoms with Gasteiger partial charge in [0, 0.05) is 41.3 Å². The molecule has 0 saturated carbocycles. The molecule has 0 unspecified atom stereocenters. The molecule has 686 valence electrons. The fraction of sp³-hybridized carbons (Fsp3) is 0.0222. The van der Waals surface area contributed by atoms with Crippen molar-refractivity contribution in [1.82, 2.24) is 29.9 Å². The maximum absolute atomic E-state index is 7.56. The Labute approximate surface area is 871 Å². The minimum Gasteiger partial charge on any atom is -0.305 e. The topological polar surface area (TPSA) is 77.3 Å². The summed E-state index contributed by atoms with van der Waals surface area (Å²) in [6, 6.07) is 190. The zero-order valence-corrected chi connectivity index (χ0v) is 83.5. The van der Waals surface area contributed by atoms with Gasteiger partial charge >= 0.3 is 40.2 Å². The van der Waals surface area contributed by atoms with Crippen molar-refractivity contribution in [2.45, 2.75) is 20.7 Å². The molecule has 0 aliphatic carbocycles. The number of hydrogen-bond donors (Lipinski definition) is 0. The Hall–Kier alpha value is -17.1. The van der Waals surface area contributed by atoms with E-state index in [2.05, 4.69) is 353 Å². The number of nitrogens with zero attached hydrogens (tertiary/aromatic N) is 6. The van der Waals surface area contributed by atoms with E-state index in [0.29, 0.717) is 5.56 Å². The molecule has 0 aliphatic heterocycles. The van der Waals surface area contributed by atoms with Gasteiger partial charge in [0.25, 0.3) is 0 Å². The van der Waals surface area contributed by atoms with E-state index < -0.39 is 6.85 Å². The third-order valence-corrected chi connectivity index (χ3v) is 23.8. The molecule has 0 aliphatic rings. The third-order valence-electron chi connectivity index (χ3n) is 23.8. The molecule has 0 bridgehead atoms. The van der Waals surface area contributed by atoms with Crippen molar-refractivity contribution < 1.29 is 44.3 Å². The van der Waals surface area contributed by atoms with Gasteiger partial charge in [-0.3, -0.25) is 0 Å². The third kappa shape index (κ3) is 27.3. The van der Waals surface area contributed by atoms with E-state index in [1.54, 1.807) is 18.3 Å². The van der Waals surface area contributed by atoms with Gasteiger partial charge in [0.15, 0.2) is 0 Å². The fourth-order valence-electron chi connectivity index (χ4n) is 16.2. The van der Waals surface area contributed by atoms with E-state index in [4.69, 9.17) is 4.11 Å². The number of aryl methyl sites for hydroxylation is 3. The Balaban J connectivity index is 0.000000127. The number of pyridine rings is 6. The molecular formula is C135H98Ir2N6. The first-order valence-electron chi connectivity index (χ1n) is 48.4. The van der Waals surface area contributed by atoms with Gasteiger partial charge in [0.05, 0.1) is 0 Å². The summed E-state index contributed by atoms with van der Waals surface area (Å²) in [7, 11) is 0. The van der Waals surface area contributed by atoms with Gasteiger partial charge < -0.3 is 29.9 Å². The maximum Gasteiger partial charge on any atom is 3.00 e. The Kier molecular flexibility index (Phi) is 33.5. The van der Waals surface area contributed by atoms with Crippen LogP contribution >= 0.6 is 0 Å².